The molecular formula is C18H18Cl2N6O2. The fraction of sp³-hybridized carbons (Fsp3) is 0.222. The van der Waals surface area contributed by atoms with Gasteiger partial charge in [-0.05, 0) is 13.0 Å². The molecule has 0 radical (unpaired) electrons. The van der Waals surface area contributed by atoms with Crippen LogP contribution in [0.1, 0.15) is 12.5 Å². The molecule has 0 saturated heterocycles. The monoisotopic (exact) mass is 420 g/mol. The third kappa shape index (κ3) is 3.74. The summed E-state index contributed by atoms with van der Waals surface area (Å²) in [7, 11) is 2.98. The predicted molar refractivity (Wildman–Crippen MR) is 112 cm³/mol. The number of hydrogen-bond donors (Lipinski definition) is 1. The molecule has 0 spiro atoms. The van der Waals surface area contributed by atoms with Gasteiger partial charge in [-0.3, -0.25) is 18.5 Å². The van der Waals surface area contributed by atoms with Crippen molar-refractivity contribution in [2.24, 2.45) is 19.2 Å². The molecule has 0 atom stereocenters. The van der Waals surface area contributed by atoms with Gasteiger partial charge >= 0.3 is 5.69 Å². The van der Waals surface area contributed by atoms with E-state index in [-0.39, 0.29) is 17.7 Å². The first kappa shape index (κ1) is 19.9. The Hall–Kier alpha value is -2.84. The van der Waals surface area contributed by atoms with Crippen LogP contribution in [0.4, 0.5) is 5.95 Å². The number of aryl methyl sites for hydroxylation is 1. The molecule has 0 aliphatic carbocycles. The average molecular weight is 421 g/mol. The number of rotatable bonds is 5. The van der Waals surface area contributed by atoms with Gasteiger partial charge in [0.15, 0.2) is 11.2 Å². The van der Waals surface area contributed by atoms with Crippen molar-refractivity contribution in [1.29, 1.82) is 0 Å². The Kier molecular flexibility index (Phi) is 5.71. The van der Waals surface area contributed by atoms with Gasteiger partial charge in [-0.15, -0.1) is 0 Å². The van der Waals surface area contributed by atoms with Crippen molar-refractivity contribution in [2.45, 2.75) is 13.5 Å². The Morgan fingerprint density at radius 1 is 1.25 bits per heavy atom. The summed E-state index contributed by atoms with van der Waals surface area (Å²) in [6.07, 6.45) is 3.28. The molecule has 0 amide bonds. The van der Waals surface area contributed by atoms with Gasteiger partial charge < -0.3 is 0 Å². The van der Waals surface area contributed by atoms with Crippen molar-refractivity contribution in [2.75, 3.05) is 5.43 Å². The van der Waals surface area contributed by atoms with E-state index in [1.807, 2.05) is 18.2 Å². The molecule has 3 aromatic rings. The maximum atomic E-state index is 12.7. The van der Waals surface area contributed by atoms with Crippen molar-refractivity contribution in [1.82, 2.24) is 18.7 Å². The molecule has 0 unspecified atom stereocenters. The van der Waals surface area contributed by atoms with Crippen molar-refractivity contribution in [3.05, 3.63) is 66.8 Å². The number of anilines is 1. The van der Waals surface area contributed by atoms with Gasteiger partial charge in [0.25, 0.3) is 5.56 Å². The van der Waals surface area contributed by atoms with E-state index in [0.717, 1.165) is 10.1 Å². The summed E-state index contributed by atoms with van der Waals surface area (Å²) in [4.78, 5) is 29.3. The number of allylic oxidation sites excluding steroid dienone is 2. The van der Waals surface area contributed by atoms with E-state index in [1.54, 1.807) is 36.9 Å². The van der Waals surface area contributed by atoms with Crippen molar-refractivity contribution in [3.63, 3.8) is 0 Å². The quantitative estimate of drug-likeness (QED) is 0.507. The van der Waals surface area contributed by atoms with Gasteiger partial charge in [0, 0.05) is 36.3 Å². The second-order valence-electron chi connectivity index (χ2n) is 6.11. The second kappa shape index (κ2) is 8.04. The fourth-order valence-electron chi connectivity index (χ4n) is 2.67. The predicted octanol–water partition coefficient (Wildman–Crippen LogP) is 2.68. The van der Waals surface area contributed by atoms with Crippen molar-refractivity contribution in [3.8, 4) is 0 Å². The second-order valence-corrected chi connectivity index (χ2v) is 7.11. The maximum Gasteiger partial charge on any atom is 0.332 e. The van der Waals surface area contributed by atoms with Crippen molar-refractivity contribution >= 4 is 46.5 Å². The SMILES string of the molecule is CC(Cl)=CCn1c(NN=Cc2ccccc2Cl)nc2c1c(=O)n(C)c(=O)n2C. The van der Waals surface area contributed by atoms with Gasteiger partial charge in [0.05, 0.1) is 6.21 Å². The number of nitrogens with zero attached hydrogens (tertiary/aromatic N) is 5. The molecule has 0 bridgehead atoms. The Balaban J connectivity index is 2.12. The molecule has 0 aliphatic heterocycles. The first-order valence-corrected chi connectivity index (χ1v) is 9.09. The molecule has 3 rings (SSSR count). The zero-order valence-electron chi connectivity index (χ0n) is 15.5. The van der Waals surface area contributed by atoms with Gasteiger partial charge in [-0.1, -0.05) is 47.5 Å². The van der Waals surface area contributed by atoms with Crippen LogP contribution in [-0.4, -0.2) is 24.9 Å². The molecule has 0 fully saturated rings. The van der Waals surface area contributed by atoms with Crippen LogP contribution < -0.4 is 16.7 Å². The number of hydrazone groups is 1. The number of fused-ring (bicyclic) bond motifs is 1. The smallest absolute Gasteiger partial charge is 0.299 e. The molecule has 28 heavy (non-hydrogen) atoms. The zero-order valence-corrected chi connectivity index (χ0v) is 17.0. The number of hydrogen-bond acceptors (Lipinski definition) is 5. The lowest BCUT2D eigenvalue weighted by Crippen LogP contribution is -2.37. The topological polar surface area (TPSA) is 86.2 Å². The molecule has 0 aliphatic rings. The zero-order chi connectivity index (χ0) is 20.4. The number of halogens is 2. The van der Waals surface area contributed by atoms with Crippen LogP contribution in [0.5, 0.6) is 0 Å². The van der Waals surface area contributed by atoms with Crippen LogP contribution >= 0.6 is 23.2 Å². The Morgan fingerprint density at radius 2 is 1.96 bits per heavy atom. The minimum absolute atomic E-state index is 0.254. The molecular weight excluding hydrogens is 403 g/mol. The summed E-state index contributed by atoms with van der Waals surface area (Å²) >= 11 is 12.1. The first-order chi connectivity index (χ1) is 13.3. The summed E-state index contributed by atoms with van der Waals surface area (Å²) in [5.41, 5.74) is 3.16. The van der Waals surface area contributed by atoms with Crippen LogP contribution in [0.15, 0.2) is 50.1 Å². The lowest BCUT2D eigenvalue weighted by molar-refractivity contribution is 0.703. The van der Waals surface area contributed by atoms with E-state index in [9.17, 15) is 9.59 Å². The average Bonchev–Trinajstić information content (AvgIpc) is 3.03. The molecule has 10 heteroatoms. The summed E-state index contributed by atoms with van der Waals surface area (Å²) in [6, 6.07) is 7.24. The highest BCUT2D eigenvalue weighted by Gasteiger charge is 2.18. The van der Waals surface area contributed by atoms with Crippen LogP contribution in [0.25, 0.3) is 11.2 Å². The van der Waals surface area contributed by atoms with E-state index in [4.69, 9.17) is 23.2 Å². The summed E-state index contributed by atoms with van der Waals surface area (Å²) in [5.74, 6) is 0.297. The van der Waals surface area contributed by atoms with Gasteiger partial charge in [0.1, 0.15) is 0 Å². The third-order valence-electron chi connectivity index (χ3n) is 4.18. The Morgan fingerprint density at radius 3 is 2.64 bits per heavy atom. The highest BCUT2D eigenvalue weighted by Crippen LogP contribution is 2.17. The first-order valence-electron chi connectivity index (χ1n) is 8.33. The van der Waals surface area contributed by atoms with Crippen LogP contribution in [0, 0.1) is 0 Å². The standard InChI is InChI=1S/C18H18Cl2N6O2/c1-11(19)8-9-26-14-15(24(2)18(28)25(3)16(14)27)22-17(26)23-21-10-12-6-4-5-7-13(12)20/h4-8,10H,9H2,1-3H3,(H,22,23). The summed E-state index contributed by atoms with van der Waals surface area (Å²) < 4.78 is 3.97. The fourth-order valence-corrected chi connectivity index (χ4v) is 2.92. The van der Waals surface area contributed by atoms with Crippen LogP contribution in [0.2, 0.25) is 5.02 Å². The highest BCUT2D eigenvalue weighted by atomic mass is 35.5. The van der Waals surface area contributed by atoms with Gasteiger partial charge in [-0.25, -0.2) is 10.2 Å². The molecule has 8 nitrogen and oxygen atoms in total. The summed E-state index contributed by atoms with van der Waals surface area (Å²) in [5, 5.41) is 5.29. The van der Waals surface area contributed by atoms with Gasteiger partial charge in [0.2, 0.25) is 5.95 Å². The number of aromatic nitrogens is 4. The van der Waals surface area contributed by atoms with Gasteiger partial charge in [-0.2, -0.15) is 10.1 Å². The van der Waals surface area contributed by atoms with E-state index in [1.165, 1.54) is 11.6 Å². The van der Waals surface area contributed by atoms with Crippen LogP contribution in [-0.2, 0) is 20.6 Å². The molecule has 2 heterocycles. The van der Waals surface area contributed by atoms with E-state index in [2.05, 4.69) is 15.5 Å². The number of imidazole rings is 1. The van der Waals surface area contributed by atoms with E-state index < -0.39 is 11.2 Å². The molecule has 1 N–H and O–H groups in total. The third-order valence-corrected chi connectivity index (χ3v) is 4.68. The number of nitrogens with one attached hydrogen (secondary N) is 1. The molecule has 146 valence electrons. The maximum absolute atomic E-state index is 12.7. The van der Waals surface area contributed by atoms with E-state index in [0.29, 0.717) is 16.0 Å². The summed E-state index contributed by atoms with van der Waals surface area (Å²) in [6.45, 7) is 2.01. The lowest BCUT2D eigenvalue weighted by atomic mass is 10.2. The minimum atomic E-state index is -0.461. The Labute approximate surface area is 170 Å². The minimum Gasteiger partial charge on any atom is -0.299 e. The molecule has 1 aromatic carbocycles. The lowest BCUT2D eigenvalue weighted by Gasteiger charge is -2.07. The molecule has 2 aromatic heterocycles. The largest absolute Gasteiger partial charge is 0.332 e. The molecule has 0 saturated carbocycles. The van der Waals surface area contributed by atoms with Crippen LogP contribution in [0.3, 0.4) is 0 Å². The van der Waals surface area contributed by atoms with E-state index >= 15 is 0 Å². The normalized spacial score (nSPS) is 12.2. The number of benzene rings is 1. The van der Waals surface area contributed by atoms with Crippen molar-refractivity contribution < 1.29 is 0 Å². The highest BCUT2D eigenvalue weighted by molar-refractivity contribution is 6.33. The Bertz CT molecular complexity index is 1220.